The minimum Gasteiger partial charge on any atom is -0.467 e. The monoisotopic (exact) mass is 452 g/mol. The van der Waals surface area contributed by atoms with Crippen molar-refractivity contribution in [1.82, 2.24) is 19.7 Å². The van der Waals surface area contributed by atoms with Crippen molar-refractivity contribution in [2.45, 2.75) is 11.7 Å². The second-order valence-corrected chi connectivity index (χ2v) is 8.31. The maximum Gasteiger partial charge on any atom is 0.192 e. The maximum atomic E-state index is 12.9. The number of rotatable bonds is 8. The molecule has 3 aromatic heterocycles. The Hall–Kier alpha value is -3.97. The number of pyridine rings is 1. The molecule has 0 aliphatic carbocycles. The molecule has 0 saturated carbocycles. The van der Waals surface area contributed by atoms with E-state index in [2.05, 4.69) is 27.3 Å². The van der Waals surface area contributed by atoms with Crippen LogP contribution in [0.4, 0.5) is 0 Å². The summed E-state index contributed by atoms with van der Waals surface area (Å²) in [5.41, 5.74) is 3.79. The van der Waals surface area contributed by atoms with E-state index in [1.165, 1.54) is 11.8 Å². The lowest BCUT2D eigenvalue weighted by molar-refractivity contribution is 0.102. The van der Waals surface area contributed by atoms with Gasteiger partial charge in [-0.05, 0) is 35.4 Å². The lowest BCUT2D eigenvalue weighted by Gasteiger charge is -2.09. The van der Waals surface area contributed by atoms with Gasteiger partial charge in [0, 0.05) is 23.5 Å². The fourth-order valence-corrected chi connectivity index (χ4v) is 4.34. The summed E-state index contributed by atoms with van der Waals surface area (Å²) in [4.78, 5) is 16.9. The molecule has 5 aromatic rings. The molecular formula is C26H20N4O2S. The summed E-state index contributed by atoms with van der Waals surface area (Å²) >= 11 is 1.37. The van der Waals surface area contributed by atoms with Crippen molar-refractivity contribution in [2.24, 2.45) is 0 Å². The van der Waals surface area contributed by atoms with Gasteiger partial charge < -0.3 is 4.42 Å². The Bertz CT molecular complexity index is 1330. The van der Waals surface area contributed by atoms with Crippen LogP contribution in [-0.4, -0.2) is 31.3 Å². The highest BCUT2D eigenvalue weighted by Crippen LogP contribution is 2.26. The van der Waals surface area contributed by atoms with Crippen LogP contribution >= 0.6 is 11.8 Å². The van der Waals surface area contributed by atoms with Gasteiger partial charge in [0.15, 0.2) is 16.8 Å². The van der Waals surface area contributed by atoms with Gasteiger partial charge in [-0.3, -0.25) is 14.3 Å². The van der Waals surface area contributed by atoms with E-state index in [4.69, 9.17) is 4.42 Å². The highest BCUT2D eigenvalue weighted by Gasteiger charge is 2.17. The number of Topliss-reactive ketones (excluding diaryl/α,β-unsaturated/α-hetero) is 1. The van der Waals surface area contributed by atoms with Gasteiger partial charge in [-0.25, -0.2) is 0 Å². The van der Waals surface area contributed by atoms with Crippen LogP contribution in [0, 0.1) is 0 Å². The molecular weight excluding hydrogens is 432 g/mol. The summed E-state index contributed by atoms with van der Waals surface area (Å²) < 4.78 is 7.49. The van der Waals surface area contributed by atoms with Crippen LogP contribution in [0.3, 0.4) is 0 Å². The number of hydrogen-bond acceptors (Lipinski definition) is 6. The van der Waals surface area contributed by atoms with Crippen molar-refractivity contribution in [3.8, 4) is 22.5 Å². The third-order valence-electron chi connectivity index (χ3n) is 5.20. The van der Waals surface area contributed by atoms with Crippen LogP contribution in [0.2, 0.25) is 0 Å². The van der Waals surface area contributed by atoms with E-state index < -0.39 is 0 Å². The maximum absolute atomic E-state index is 12.9. The average molecular weight is 453 g/mol. The standard InChI is InChI=1S/C26H20N4O2S/c31-24(21-10-8-20(9-11-21)19-5-2-1-3-6-19)18-33-26-29-28-25(22-12-14-27-15-13-22)30(26)17-23-7-4-16-32-23/h1-16H,17-18H2. The first-order valence-corrected chi connectivity index (χ1v) is 11.4. The summed E-state index contributed by atoms with van der Waals surface area (Å²) in [6.07, 6.45) is 5.08. The molecule has 0 amide bonds. The summed E-state index contributed by atoms with van der Waals surface area (Å²) in [6.45, 7) is 0.472. The summed E-state index contributed by atoms with van der Waals surface area (Å²) in [5.74, 6) is 1.79. The van der Waals surface area contributed by atoms with Crippen molar-refractivity contribution in [3.05, 3.63) is 109 Å². The fourth-order valence-electron chi connectivity index (χ4n) is 3.50. The van der Waals surface area contributed by atoms with Crippen LogP contribution in [0.15, 0.2) is 107 Å². The van der Waals surface area contributed by atoms with Crippen molar-refractivity contribution < 1.29 is 9.21 Å². The molecule has 0 saturated heterocycles. The average Bonchev–Trinajstić information content (AvgIpc) is 3.54. The van der Waals surface area contributed by atoms with Crippen molar-refractivity contribution in [3.63, 3.8) is 0 Å². The highest BCUT2D eigenvalue weighted by molar-refractivity contribution is 7.99. The molecule has 0 aliphatic heterocycles. The van der Waals surface area contributed by atoms with Crippen molar-refractivity contribution in [2.75, 3.05) is 5.75 Å². The predicted molar refractivity (Wildman–Crippen MR) is 128 cm³/mol. The molecule has 162 valence electrons. The number of carbonyl (C=O) groups is 1. The molecule has 33 heavy (non-hydrogen) atoms. The smallest absolute Gasteiger partial charge is 0.192 e. The van der Waals surface area contributed by atoms with E-state index in [1.54, 1.807) is 18.7 Å². The lowest BCUT2D eigenvalue weighted by atomic mass is 10.0. The number of furan rings is 1. The Morgan fingerprint density at radius 3 is 2.30 bits per heavy atom. The molecule has 6 nitrogen and oxygen atoms in total. The SMILES string of the molecule is O=C(CSc1nnc(-c2ccncc2)n1Cc1ccco1)c1ccc(-c2ccccc2)cc1. The number of hydrogen-bond donors (Lipinski definition) is 0. The molecule has 0 N–H and O–H groups in total. The number of aromatic nitrogens is 4. The van der Waals surface area contributed by atoms with Gasteiger partial charge in [0.2, 0.25) is 0 Å². The fraction of sp³-hybridized carbons (Fsp3) is 0.0769. The predicted octanol–water partition coefficient (Wildman–Crippen LogP) is 5.62. The first kappa shape index (κ1) is 20.9. The van der Waals surface area contributed by atoms with Crippen molar-refractivity contribution in [1.29, 1.82) is 0 Å². The van der Waals surface area contributed by atoms with E-state index >= 15 is 0 Å². The van der Waals surface area contributed by atoms with Crippen molar-refractivity contribution >= 4 is 17.5 Å². The molecule has 0 aliphatic rings. The number of benzene rings is 2. The number of nitrogens with zero attached hydrogens (tertiary/aromatic N) is 4. The molecule has 3 heterocycles. The largest absolute Gasteiger partial charge is 0.467 e. The number of ketones is 1. The molecule has 5 rings (SSSR count). The Labute approximate surface area is 195 Å². The Kier molecular flexibility index (Phi) is 6.12. The Morgan fingerprint density at radius 1 is 0.818 bits per heavy atom. The Balaban J connectivity index is 1.34. The minimum absolute atomic E-state index is 0.0395. The normalized spacial score (nSPS) is 10.9. The van der Waals surface area contributed by atoms with Gasteiger partial charge in [-0.15, -0.1) is 10.2 Å². The van der Waals surface area contributed by atoms with Crippen LogP contribution in [0.1, 0.15) is 16.1 Å². The van der Waals surface area contributed by atoms with Gasteiger partial charge in [0.25, 0.3) is 0 Å². The molecule has 0 bridgehead atoms. The minimum atomic E-state index is 0.0395. The first-order chi connectivity index (χ1) is 16.3. The van der Waals surface area contributed by atoms with E-state index in [0.29, 0.717) is 23.1 Å². The first-order valence-electron chi connectivity index (χ1n) is 10.5. The number of thioether (sulfide) groups is 1. The zero-order valence-electron chi connectivity index (χ0n) is 17.7. The third-order valence-corrected chi connectivity index (χ3v) is 6.16. The van der Waals surface area contributed by atoms with Crippen LogP contribution < -0.4 is 0 Å². The van der Waals surface area contributed by atoms with E-state index in [9.17, 15) is 4.79 Å². The molecule has 0 unspecified atom stereocenters. The van der Waals surface area contributed by atoms with Gasteiger partial charge >= 0.3 is 0 Å². The zero-order valence-corrected chi connectivity index (χ0v) is 18.5. The van der Waals surface area contributed by atoms with Gasteiger partial charge in [-0.1, -0.05) is 66.4 Å². The zero-order chi connectivity index (χ0) is 22.5. The second-order valence-electron chi connectivity index (χ2n) is 7.36. The van der Waals surface area contributed by atoms with Crippen LogP contribution in [0.5, 0.6) is 0 Å². The van der Waals surface area contributed by atoms with Crippen LogP contribution in [0.25, 0.3) is 22.5 Å². The number of carbonyl (C=O) groups excluding carboxylic acids is 1. The van der Waals surface area contributed by atoms with Crippen LogP contribution in [-0.2, 0) is 6.54 Å². The quantitative estimate of drug-likeness (QED) is 0.225. The second kappa shape index (κ2) is 9.67. The topological polar surface area (TPSA) is 73.8 Å². The summed E-state index contributed by atoms with van der Waals surface area (Å²) in [5, 5.41) is 9.39. The molecule has 0 radical (unpaired) electrons. The third kappa shape index (κ3) is 4.78. The molecule has 0 atom stereocenters. The van der Waals surface area contributed by atoms with E-state index in [0.717, 1.165) is 22.5 Å². The molecule has 0 fully saturated rings. The molecule has 7 heteroatoms. The van der Waals surface area contributed by atoms with E-state index in [-0.39, 0.29) is 11.5 Å². The molecule has 0 spiro atoms. The van der Waals surface area contributed by atoms with Gasteiger partial charge in [-0.2, -0.15) is 0 Å². The lowest BCUT2D eigenvalue weighted by Crippen LogP contribution is -2.06. The molecule has 2 aromatic carbocycles. The van der Waals surface area contributed by atoms with Gasteiger partial charge in [0.05, 0.1) is 18.6 Å². The Morgan fingerprint density at radius 2 is 1.58 bits per heavy atom. The summed E-state index contributed by atoms with van der Waals surface area (Å²) in [7, 11) is 0. The van der Waals surface area contributed by atoms with E-state index in [1.807, 2.05) is 71.3 Å². The van der Waals surface area contributed by atoms with Gasteiger partial charge in [0.1, 0.15) is 5.76 Å². The highest BCUT2D eigenvalue weighted by atomic mass is 32.2. The summed E-state index contributed by atoms with van der Waals surface area (Å²) in [6, 6.07) is 25.3.